The molecule has 0 radical (unpaired) electrons. The third-order valence-electron chi connectivity index (χ3n) is 4.00. The lowest BCUT2D eigenvalue weighted by Gasteiger charge is -2.13. The first-order valence-electron chi connectivity index (χ1n) is 7.37. The maximum Gasteiger partial charge on any atom is 0.341 e. The van der Waals surface area contributed by atoms with E-state index in [1.807, 2.05) is 30.3 Å². The second-order valence-corrected chi connectivity index (χ2v) is 5.51. The van der Waals surface area contributed by atoms with E-state index >= 15 is 0 Å². The Labute approximate surface area is 136 Å². The maximum absolute atomic E-state index is 12.5. The molecule has 0 unspecified atom stereocenters. The summed E-state index contributed by atoms with van der Waals surface area (Å²) < 4.78 is 12.4. The zero-order valence-electron chi connectivity index (χ0n) is 12.6. The van der Waals surface area contributed by atoms with Crippen LogP contribution in [-0.4, -0.2) is 22.4 Å². The van der Waals surface area contributed by atoms with Crippen molar-refractivity contribution in [2.24, 2.45) is 0 Å². The van der Waals surface area contributed by atoms with Crippen LogP contribution in [0.3, 0.4) is 0 Å². The number of fused-ring (bicyclic) bond motifs is 2. The second kappa shape index (κ2) is 5.42. The second-order valence-electron chi connectivity index (χ2n) is 5.51. The van der Waals surface area contributed by atoms with Crippen LogP contribution in [0.4, 0.5) is 0 Å². The summed E-state index contributed by atoms with van der Waals surface area (Å²) in [6.45, 7) is 0.530. The van der Waals surface area contributed by atoms with Gasteiger partial charge in [0.1, 0.15) is 5.56 Å². The van der Waals surface area contributed by atoms with Crippen LogP contribution in [-0.2, 0) is 6.54 Å². The number of rotatable bonds is 3. The van der Waals surface area contributed by atoms with E-state index in [1.165, 1.54) is 6.20 Å². The van der Waals surface area contributed by atoms with E-state index in [2.05, 4.69) is 0 Å². The van der Waals surface area contributed by atoms with Crippen LogP contribution in [0, 0.1) is 0 Å². The smallest absolute Gasteiger partial charge is 0.341 e. The van der Waals surface area contributed by atoms with Gasteiger partial charge in [-0.25, -0.2) is 4.79 Å². The fraction of sp³-hybridized carbons (Fsp3) is 0.111. The number of aromatic carboxylic acids is 1. The molecule has 4 rings (SSSR count). The fourth-order valence-electron chi connectivity index (χ4n) is 2.84. The highest BCUT2D eigenvalue weighted by molar-refractivity contribution is 5.93. The van der Waals surface area contributed by atoms with E-state index in [-0.39, 0.29) is 12.4 Å². The number of nitrogens with zero attached hydrogens (tertiary/aromatic N) is 1. The van der Waals surface area contributed by atoms with Gasteiger partial charge >= 0.3 is 5.97 Å². The minimum atomic E-state index is -1.25. The molecule has 6 nitrogen and oxygen atoms in total. The van der Waals surface area contributed by atoms with Gasteiger partial charge in [-0.3, -0.25) is 4.79 Å². The normalized spacial score (nSPS) is 12.5. The van der Waals surface area contributed by atoms with Crippen LogP contribution in [0.25, 0.3) is 10.9 Å². The van der Waals surface area contributed by atoms with Crippen molar-refractivity contribution in [3.8, 4) is 11.5 Å². The van der Waals surface area contributed by atoms with Gasteiger partial charge in [-0.05, 0) is 11.6 Å². The van der Waals surface area contributed by atoms with Gasteiger partial charge in [0.25, 0.3) is 0 Å². The summed E-state index contributed by atoms with van der Waals surface area (Å²) in [6.07, 6.45) is 1.38. The molecule has 1 aliphatic heterocycles. The Hall–Kier alpha value is -3.28. The average molecular weight is 323 g/mol. The number of hydrogen-bond donors (Lipinski definition) is 1. The van der Waals surface area contributed by atoms with Crippen LogP contribution in [0.1, 0.15) is 15.9 Å². The van der Waals surface area contributed by atoms with Crippen molar-refractivity contribution in [3.63, 3.8) is 0 Å². The molecule has 0 atom stereocenters. The Balaban J connectivity index is 1.98. The predicted octanol–water partition coefficient (Wildman–Crippen LogP) is 2.48. The van der Waals surface area contributed by atoms with Gasteiger partial charge in [0.15, 0.2) is 11.5 Å². The lowest BCUT2D eigenvalue weighted by Crippen LogP contribution is -2.19. The van der Waals surface area contributed by atoms with Gasteiger partial charge in [-0.2, -0.15) is 0 Å². The number of carbonyl (C=O) groups is 1. The molecule has 0 amide bonds. The van der Waals surface area contributed by atoms with Gasteiger partial charge in [0.05, 0.1) is 10.9 Å². The molecular weight excluding hydrogens is 310 g/mol. The lowest BCUT2D eigenvalue weighted by atomic mass is 10.1. The summed E-state index contributed by atoms with van der Waals surface area (Å²) in [5.74, 6) is -0.249. The van der Waals surface area contributed by atoms with E-state index in [9.17, 15) is 14.7 Å². The van der Waals surface area contributed by atoms with Crippen molar-refractivity contribution < 1.29 is 19.4 Å². The summed E-state index contributed by atoms with van der Waals surface area (Å²) in [7, 11) is 0. The molecular formula is C18H13NO5. The van der Waals surface area contributed by atoms with Crippen LogP contribution in [0.2, 0.25) is 0 Å². The zero-order chi connectivity index (χ0) is 16.7. The van der Waals surface area contributed by atoms with E-state index in [0.29, 0.717) is 28.9 Å². The van der Waals surface area contributed by atoms with Gasteiger partial charge < -0.3 is 19.1 Å². The van der Waals surface area contributed by atoms with Crippen LogP contribution < -0.4 is 14.9 Å². The summed E-state index contributed by atoms with van der Waals surface area (Å²) in [5.41, 5.74) is 0.812. The summed E-state index contributed by atoms with van der Waals surface area (Å²) in [6, 6.07) is 12.9. The molecule has 0 aliphatic carbocycles. The zero-order valence-corrected chi connectivity index (χ0v) is 12.6. The van der Waals surface area contributed by atoms with E-state index in [4.69, 9.17) is 9.47 Å². The van der Waals surface area contributed by atoms with Crippen LogP contribution in [0.15, 0.2) is 53.5 Å². The Bertz CT molecular complexity index is 1010. The van der Waals surface area contributed by atoms with E-state index in [1.54, 1.807) is 16.7 Å². The molecule has 2 aromatic carbocycles. The molecule has 120 valence electrons. The number of hydrogen-bond acceptors (Lipinski definition) is 4. The molecule has 0 bridgehead atoms. The Morgan fingerprint density at radius 1 is 1.12 bits per heavy atom. The van der Waals surface area contributed by atoms with Crippen LogP contribution in [0.5, 0.6) is 11.5 Å². The maximum atomic E-state index is 12.5. The van der Waals surface area contributed by atoms with Crippen molar-refractivity contribution >= 4 is 16.9 Å². The molecule has 0 spiro atoms. The molecule has 1 N–H and O–H groups in total. The standard InChI is InChI=1S/C18H13NO5/c20-17-12-6-15-16(24-10-23-15)7-14(12)19(9-13(17)18(21)22)8-11-4-2-1-3-5-11/h1-7,9H,8,10H2,(H,21,22). The van der Waals surface area contributed by atoms with Gasteiger partial charge in [-0.15, -0.1) is 0 Å². The minimum absolute atomic E-state index is 0.0876. The number of carboxylic acid groups (broad SMARTS) is 1. The molecule has 3 aromatic rings. The predicted molar refractivity (Wildman–Crippen MR) is 86.8 cm³/mol. The van der Waals surface area contributed by atoms with Gasteiger partial charge in [-0.1, -0.05) is 30.3 Å². The van der Waals surface area contributed by atoms with Crippen molar-refractivity contribution in [2.75, 3.05) is 6.79 Å². The number of ether oxygens (including phenoxy) is 2. The highest BCUT2D eigenvalue weighted by Crippen LogP contribution is 2.35. The van der Waals surface area contributed by atoms with Crippen molar-refractivity contribution in [2.45, 2.75) is 6.54 Å². The van der Waals surface area contributed by atoms with Crippen molar-refractivity contribution in [1.29, 1.82) is 0 Å². The molecule has 0 fully saturated rings. The van der Waals surface area contributed by atoms with Gasteiger partial charge in [0, 0.05) is 18.8 Å². The van der Waals surface area contributed by atoms with Crippen molar-refractivity contribution in [3.05, 3.63) is 70.0 Å². The van der Waals surface area contributed by atoms with E-state index in [0.717, 1.165) is 5.56 Å². The van der Waals surface area contributed by atoms with Gasteiger partial charge in [0.2, 0.25) is 12.2 Å². The number of aromatic nitrogens is 1. The largest absolute Gasteiger partial charge is 0.477 e. The third-order valence-corrected chi connectivity index (χ3v) is 4.00. The number of carboxylic acids is 1. The van der Waals surface area contributed by atoms with Crippen molar-refractivity contribution in [1.82, 2.24) is 4.57 Å². The molecule has 2 heterocycles. The summed E-state index contributed by atoms with van der Waals surface area (Å²) in [5, 5.41) is 9.64. The highest BCUT2D eigenvalue weighted by Gasteiger charge is 2.20. The molecule has 24 heavy (non-hydrogen) atoms. The van der Waals surface area contributed by atoms with E-state index < -0.39 is 11.4 Å². The first-order chi connectivity index (χ1) is 11.6. The quantitative estimate of drug-likeness (QED) is 0.801. The molecule has 1 aliphatic rings. The molecule has 0 saturated heterocycles. The van der Waals surface area contributed by atoms with Crippen LogP contribution >= 0.6 is 0 Å². The average Bonchev–Trinajstić information content (AvgIpc) is 3.04. The fourth-order valence-corrected chi connectivity index (χ4v) is 2.84. The Morgan fingerprint density at radius 2 is 1.83 bits per heavy atom. The Kier molecular flexibility index (Phi) is 3.23. The monoisotopic (exact) mass is 323 g/mol. The summed E-state index contributed by atoms with van der Waals surface area (Å²) in [4.78, 5) is 23.9. The highest BCUT2D eigenvalue weighted by atomic mass is 16.7. The topological polar surface area (TPSA) is 77.8 Å². The Morgan fingerprint density at radius 3 is 2.54 bits per heavy atom. The molecule has 1 aromatic heterocycles. The SMILES string of the molecule is O=C(O)c1cn(Cc2ccccc2)c2cc3c(cc2c1=O)OCO3. The first kappa shape index (κ1) is 14.3. The molecule has 6 heteroatoms. The third kappa shape index (κ3) is 2.28. The number of benzene rings is 2. The minimum Gasteiger partial charge on any atom is -0.477 e. The molecule has 0 saturated carbocycles. The lowest BCUT2D eigenvalue weighted by molar-refractivity contribution is 0.0695. The first-order valence-corrected chi connectivity index (χ1v) is 7.37. The summed E-state index contributed by atoms with van der Waals surface area (Å²) >= 11 is 0. The number of pyridine rings is 1.